The average molecular weight is 170 g/mol. The first-order valence-electron chi connectivity index (χ1n) is 3.98. The maximum Gasteiger partial charge on any atom is 0.161 e. The van der Waals surface area contributed by atoms with Crippen molar-refractivity contribution in [2.24, 2.45) is 0 Å². The van der Waals surface area contributed by atoms with Gasteiger partial charge in [-0.1, -0.05) is 0 Å². The van der Waals surface area contributed by atoms with Crippen molar-refractivity contribution in [3.8, 4) is 0 Å². The van der Waals surface area contributed by atoms with Crippen molar-refractivity contribution in [2.45, 2.75) is 0 Å². The monoisotopic (exact) mass is 170 g/mol. The maximum atomic E-state index is 4.21. The van der Waals surface area contributed by atoms with E-state index in [2.05, 4.69) is 20.2 Å². The van der Waals surface area contributed by atoms with Crippen LogP contribution in [0.15, 0.2) is 30.7 Å². The minimum Gasteiger partial charge on any atom is -0.277 e. The van der Waals surface area contributed by atoms with Crippen molar-refractivity contribution in [1.29, 1.82) is 0 Å². The molecule has 62 valence electrons. The molecule has 0 saturated heterocycles. The third-order valence-electron chi connectivity index (χ3n) is 2.05. The van der Waals surface area contributed by atoms with E-state index in [4.69, 9.17) is 0 Å². The maximum absolute atomic E-state index is 4.21. The van der Waals surface area contributed by atoms with Crippen LogP contribution in [0.25, 0.3) is 21.9 Å². The second-order valence-corrected chi connectivity index (χ2v) is 2.83. The number of nitrogens with one attached hydrogen (secondary N) is 1. The topological polar surface area (TPSA) is 54.5 Å². The van der Waals surface area contributed by atoms with Crippen LogP contribution in [0.5, 0.6) is 0 Å². The highest BCUT2D eigenvalue weighted by Gasteiger charge is 2.01. The van der Waals surface area contributed by atoms with Gasteiger partial charge in [-0.2, -0.15) is 5.10 Å². The lowest BCUT2D eigenvalue weighted by Crippen LogP contribution is -1.82. The summed E-state index contributed by atoms with van der Waals surface area (Å²) in [4.78, 5) is 8.36. The van der Waals surface area contributed by atoms with Crippen LogP contribution in [-0.2, 0) is 0 Å². The molecule has 0 spiro atoms. The summed E-state index contributed by atoms with van der Waals surface area (Å²) in [6.45, 7) is 0. The van der Waals surface area contributed by atoms with Crippen LogP contribution in [0.3, 0.4) is 0 Å². The van der Waals surface area contributed by atoms with Crippen molar-refractivity contribution < 1.29 is 0 Å². The number of fused-ring (bicyclic) bond motifs is 3. The predicted octanol–water partition coefficient (Wildman–Crippen LogP) is 1.51. The van der Waals surface area contributed by atoms with Crippen LogP contribution in [0.2, 0.25) is 0 Å². The lowest BCUT2D eigenvalue weighted by molar-refractivity contribution is 1.12. The second-order valence-electron chi connectivity index (χ2n) is 2.83. The summed E-state index contributed by atoms with van der Waals surface area (Å²) in [6, 6.07) is 3.88. The SMILES string of the molecule is c1cnc2ncc3cn[nH]c3c2c1. The van der Waals surface area contributed by atoms with Crippen LogP contribution >= 0.6 is 0 Å². The van der Waals surface area contributed by atoms with E-state index in [0.29, 0.717) is 0 Å². The first kappa shape index (κ1) is 6.54. The van der Waals surface area contributed by atoms with Crippen molar-refractivity contribution >= 4 is 21.9 Å². The Balaban J connectivity index is 2.65. The Hall–Kier alpha value is -1.97. The number of aromatic amines is 1. The minimum absolute atomic E-state index is 0.749. The molecule has 3 rings (SSSR count). The van der Waals surface area contributed by atoms with Crippen molar-refractivity contribution in [3.63, 3.8) is 0 Å². The quantitative estimate of drug-likeness (QED) is 0.556. The summed E-state index contributed by atoms with van der Waals surface area (Å²) in [5, 5.41) is 8.92. The first-order chi connectivity index (χ1) is 6.45. The number of rotatable bonds is 0. The van der Waals surface area contributed by atoms with Crippen LogP contribution in [0.1, 0.15) is 0 Å². The Labute approximate surface area is 73.6 Å². The van der Waals surface area contributed by atoms with Gasteiger partial charge in [-0.25, -0.2) is 9.97 Å². The molecule has 0 saturated carbocycles. The molecular formula is C9H6N4. The molecule has 13 heavy (non-hydrogen) atoms. The van der Waals surface area contributed by atoms with Crippen LogP contribution < -0.4 is 0 Å². The lowest BCUT2D eigenvalue weighted by Gasteiger charge is -1.95. The zero-order chi connectivity index (χ0) is 8.67. The zero-order valence-corrected chi connectivity index (χ0v) is 6.73. The summed E-state index contributed by atoms with van der Waals surface area (Å²) >= 11 is 0. The zero-order valence-electron chi connectivity index (χ0n) is 6.73. The Morgan fingerprint density at radius 3 is 3.15 bits per heavy atom. The molecular weight excluding hydrogens is 164 g/mol. The van der Waals surface area contributed by atoms with Crippen molar-refractivity contribution in [1.82, 2.24) is 20.2 Å². The van der Waals surface area contributed by atoms with Gasteiger partial charge in [-0.3, -0.25) is 5.10 Å². The molecule has 0 atom stereocenters. The summed E-state index contributed by atoms with van der Waals surface area (Å²) in [5.41, 5.74) is 1.75. The fraction of sp³-hybridized carbons (Fsp3) is 0. The van der Waals surface area contributed by atoms with Gasteiger partial charge >= 0.3 is 0 Å². The molecule has 3 aromatic rings. The Kier molecular flexibility index (Phi) is 1.14. The standard InChI is InChI=1S/C9H6N4/c1-2-7-8-6(5-12-13-8)4-11-9(7)10-3-1/h1-5H,(H,12,13). The van der Waals surface area contributed by atoms with E-state index in [0.717, 1.165) is 21.9 Å². The first-order valence-corrected chi connectivity index (χ1v) is 3.98. The summed E-state index contributed by atoms with van der Waals surface area (Å²) in [7, 11) is 0. The molecule has 4 nitrogen and oxygen atoms in total. The molecule has 0 fully saturated rings. The largest absolute Gasteiger partial charge is 0.277 e. The lowest BCUT2D eigenvalue weighted by atomic mass is 10.2. The van der Waals surface area contributed by atoms with Crippen LogP contribution in [-0.4, -0.2) is 20.2 Å². The molecule has 0 radical (unpaired) electrons. The molecule has 0 aromatic carbocycles. The van der Waals surface area contributed by atoms with Gasteiger partial charge < -0.3 is 0 Å². The predicted molar refractivity (Wildman–Crippen MR) is 49.2 cm³/mol. The Morgan fingerprint density at radius 2 is 2.15 bits per heavy atom. The molecule has 0 aliphatic carbocycles. The summed E-state index contributed by atoms with van der Waals surface area (Å²) < 4.78 is 0. The molecule has 4 heteroatoms. The van der Waals surface area contributed by atoms with E-state index >= 15 is 0 Å². The molecule has 0 aliphatic rings. The van der Waals surface area contributed by atoms with E-state index in [-0.39, 0.29) is 0 Å². The molecule has 0 unspecified atom stereocenters. The molecule has 1 N–H and O–H groups in total. The molecule has 0 bridgehead atoms. The van der Waals surface area contributed by atoms with Crippen molar-refractivity contribution in [3.05, 3.63) is 30.7 Å². The van der Waals surface area contributed by atoms with Gasteiger partial charge in [0.2, 0.25) is 0 Å². The summed E-state index contributed by atoms with van der Waals surface area (Å²) in [6.07, 6.45) is 5.26. The second kappa shape index (κ2) is 2.26. The fourth-order valence-corrected chi connectivity index (χ4v) is 1.43. The highest BCUT2D eigenvalue weighted by atomic mass is 15.1. The molecule has 3 aromatic heterocycles. The number of hydrogen-bond donors (Lipinski definition) is 1. The highest BCUT2D eigenvalue weighted by molar-refractivity contribution is 6.00. The van der Waals surface area contributed by atoms with Crippen molar-refractivity contribution in [2.75, 3.05) is 0 Å². The molecule has 3 heterocycles. The van der Waals surface area contributed by atoms with Gasteiger partial charge in [0.1, 0.15) is 0 Å². The summed E-state index contributed by atoms with van der Waals surface area (Å²) in [5.74, 6) is 0. The number of nitrogens with zero attached hydrogens (tertiary/aromatic N) is 3. The van der Waals surface area contributed by atoms with Crippen LogP contribution in [0.4, 0.5) is 0 Å². The number of pyridine rings is 2. The minimum atomic E-state index is 0.749. The van der Waals surface area contributed by atoms with Gasteiger partial charge in [-0.15, -0.1) is 0 Å². The third-order valence-corrected chi connectivity index (χ3v) is 2.05. The number of aromatic nitrogens is 4. The highest BCUT2D eigenvalue weighted by Crippen LogP contribution is 2.18. The van der Waals surface area contributed by atoms with E-state index in [1.807, 2.05) is 12.1 Å². The van der Waals surface area contributed by atoms with Crippen LogP contribution in [0, 0.1) is 0 Å². The van der Waals surface area contributed by atoms with Gasteiger partial charge in [0.15, 0.2) is 5.65 Å². The average Bonchev–Trinajstić information content (AvgIpc) is 2.65. The fourth-order valence-electron chi connectivity index (χ4n) is 1.43. The number of hydrogen-bond acceptors (Lipinski definition) is 3. The Bertz CT molecular complexity index is 570. The van der Waals surface area contributed by atoms with E-state index in [9.17, 15) is 0 Å². The third kappa shape index (κ3) is 0.823. The molecule has 0 amide bonds. The van der Waals surface area contributed by atoms with E-state index in [1.165, 1.54) is 0 Å². The van der Waals surface area contributed by atoms with E-state index in [1.54, 1.807) is 18.6 Å². The smallest absolute Gasteiger partial charge is 0.161 e. The molecule has 0 aliphatic heterocycles. The van der Waals surface area contributed by atoms with Gasteiger partial charge in [0, 0.05) is 23.2 Å². The van der Waals surface area contributed by atoms with E-state index < -0.39 is 0 Å². The normalized spacial score (nSPS) is 11.1. The Morgan fingerprint density at radius 1 is 1.15 bits per heavy atom. The van der Waals surface area contributed by atoms with Gasteiger partial charge in [0.25, 0.3) is 0 Å². The van der Waals surface area contributed by atoms with Gasteiger partial charge in [-0.05, 0) is 12.1 Å². The number of H-pyrrole nitrogens is 1. The van der Waals surface area contributed by atoms with Gasteiger partial charge in [0.05, 0.1) is 11.7 Å².